The third-order valence-corrected chi connectivity index (χ3v) is 2.92. The second-order valence-electron chi connectivity index (χ2n) is 2.83. The predicted molar refractivity (Wildman–Crippen MR) is 62.8 cm³/mol. The Labute approximate surface area is 99.6 Å². The Kier molecular flexibility index (Phi) is 4.78. The predicted octanol–water partition coefficient (Wildman–Crippen LogP) is 2.91. The van der Waals surface area contributed by atoms with Crippen molar-refractivity contribution in [3.63, 3.8) is 0 Å². The second kappa shape index (κ2) is 5.63. The Balaban J connectivity index is 2.99. The molecule has 0 spiro atoms. The number of aliphatic hydroxyl groups is 1. The Hall–Kier alpha value is -0.190. The maximum Gasteiger partial charge on any atom is 0.164 e. The lowest BCUT2D eigenvalue weighted by Gasteiger charge is -2.04. The highest BCUT2D eigenvalue weighted by Gasteiger charge is 2.09. The highest BCUT2D eigenvalue weighted by Crippen LogP contribution is 2.20. The molecule has 76 valence electrons. The van der Waals surface area contributed by atoms with E-state index in [9.17, 15) is 4.79 Å². The average molecular weight is 322 g/mol. The first-order valence-electron chi connectivity index (χ1n) is 4.17. The normalized spacial score (nSPS) is 10.2. The van der Waals surface area contributed by atoms with Crippen LogP contribution in [0, 0.1) is 0 Å². The van der Waals surface area contributed by atoms with Gasteiger partial charge in [0.2, 0.25) is 0 Å². The zero-order valence-corrected chi connectivity index (χ0v) is 10.6. The first kappa shape index (κ1) is 11.9. The number of rotatable bonds is 4. The van der Waals surface area contributed by atoms with Crippen LogP contribution in [-0.2, 0) is 6.61 Å². The topological polar surface area (TPSA) is 37.3 Å². The van der Waals surface area contributed by atoms with E-state index in [4.69, 9.17) is 5.11 Å². The molecule has 0 saturated carbocycles. The molecule has 1 rings (SSSR count). The summed E-state index contributed by atoms with van der Waals surface area (Å²) < 4.78 is 0.778. The summed E-state index contributed by atoms with van der Waals surface area (Å²) in [6.45, 7) is -0.0398. The van der Waals surface area contributed by atoms with Gasteiger partial charge in [-0.2, -0.15) is 0 Å². The Morgan fingerprint density at radius 3 is 2.71 bits per heavy atom. The molecule has 1 aromatic carbocycles. The molecule has 0 aliphatic rings. The highest BCUT2D eigenvalue weighted by atomic mass is 79.9. The van der Waals surface area contributed by atoms with E-state index in [-0.39, 0.29) is 12.4 Å². The van der Waals surface area contributed by atoms with E-state index in [1.807, 2.05) is 0 Å². The van der Waals surface area contributed by atoms with E-state index >= 15 is 0 Å². The van der Waals surface area contributed by atoms with Crippen LogP contribution in [0.4, 0.5) is 0 Å². The summed E-state index contributed by atoms with van der Waals surface area (Å²) in [7, 11) is 0. The van der Waals surface area contributed by atoms with Crippen LogP contribution >= 0.6 is 31.9 Å². The quantitative estimate of drug-likeness (QED) is 0.684. The number of Topliss-reactive ketones (excluding diaryl/α,β-unsaturated/α-hetero) is 1. The molecule has 0 atom stereocenters. The molecule has 0 saturated heterocycles. The van der Waals surface area contributed by atoms with E-state index in [1.165, 1.54) is 0 Å². The first-order valence-corrected chi connectivity index (χ1v) is 6.09. The van der Waals surface area contributed by atoms with E-state index in [0.717, 1.165) is 10.0 Å². The summed E-state index contributed by atoms with van der Waals surface area (Å²) in [4.78, 5) is 11.6. The number of alkyl halides is 1. The molecule has 0 unspecified atom stereocenters. The van der Waals surface area contributed by atoms with Gasteiger partial charge in [0, 0.05) is 21.8 Å². The van der Waals surface area contributed by atoms with Gasteiger partial charge in [0.05, 0.1) is 6.61 Å². The molecule has 1 N–H and O–H groups in total. The minimum absolute atomic E-state index is 0.0398. The van der Waals surface area contributed by atoms with Crippen LogP contribution in [0.5, 0.6) is 0 Å². The third kappa shape index (κ3) is 2.90. The Morgan fingerprint density at radius 2 is 2.14 bits per heavy atom. The molecule has 2 nitrogen and oxygen atoms in total. The molecule has 0 amide bonds. The van der Waals surface area contributed by atoms with Crippen LogP contribution in [0.2, 0.25) is 0 Å². The lowest BCUT2D eigenvalue weighted by atomic mass is 10.1. The van der Waals surface area contributed by atoms with Crippen LogP contribution in [0.1, 0.15) is 22.3 Å². The molecule has 4 heteroatoms. The van der Waals surface area contributed by atoms with Crippen molar-refractivity contribution in [3.8, 4) is 0 Å². The zero-order chi connectivity index (χ0) is 10.6. The maximum absolute atomic E-state index is 11.6. The molecule has 0 aliphatic heterocycles. The molecule has 0 heterocycles. The molecule has 14 heavy (non-hydrogen) atoms. The summed E-state index contributed by atoms with van der Waals surface area (Å²) >= 11 is 6.53. The molecule has 0 radical (unpaired) electrons. The van der Waals surface area contributed by atoms with Crippen molar-refractivity contribution in [1.29, 1.82) is 0 Å². The molecule has 0 fully saturated rings. The van der Waals surface area contributed by atoms with Crippen molar-refractivity contribution in [2.75, 3.05) is 5.33 Å². The van der Waals surface area contributed by atoms with Gasteiger partial charge in [-0.25, -0.2) is 0 Å². The number of hydrogen-bond donors (Lipinski definition) is 1. The maximum atomic E-state index is 11.6. The molecular weight excluding hydrogens is 312 g/mol. The van der Waals surface area contributed by atoms with Gasteiger partial charge < -0.3 is 5.11 Å². The summed E-state index contributed by atoms with van der Waals surface area (Å²) in [5.74, 6) is 0.0732. The van der Waals surface area contributed by atoms with Crippen LogP contribution in [0.25, 0.3) is 0 Å². The zero-order valence-electron chi connectivity index (χ0n) is 7.46. The van der Waals surface area contributed by atoms with Crippen molar-refractivity contribution in [1.82, 2.24) is 0 Å². The third-order valence-electron chi connectivity index (χ3n) is 1.84. The lowest BCUT2D eigenvalue weighted by molar-refractivity contribution is 0.0989. The SMILES string of the molecule is O=C(CCBr)c1cc(CO)ccc1Br. The monoisotopic (exact) mass is 320 g/mol. The minimum atomic E-state index is -0.0398. The summed E-state index contributed by atoms with van der Waals surface area (Å²) in [6.07, 6.45) is 0.466. The van der Waals surface area contributed by atoms with Crippen molar-refractivity contribution in [2.24, 2.45) is 0 Å². The van der Waals surface area contributed by atoms with Gasteiger partial charge in [-0.3, -0.25) is 4.79 Å². The van der Waals surface area contributed by atoms with E-state index in [1.54, 1.807) is 18.2 Å². The molecule has 0 bridgehead atoms. The Morgan fingerprint density at radius 1 is 1.43 bits per heavy atom. The fourth-order valence-corrected chi connectivity index (χ4v) is 1.93. The minimum Gasteiger partial charge on any atom is -0.392 e. The molecule has 0 aliphatic carbocycles. The van der Waals surface area contributed by atoms with E-state index in [0.29, 0.717) is 17.3 Å². The largest absolute Gasteiger partial charge is 0.392 e. The van der Waals surface area contributed by atoms with Crippen LogP contribution in [-0.4, -0.2) is 16.2 Å². The average Bonchev–Trinajstić information content (AvgIpc) is 2.19. The number of carbonyl (C=O) groups is 1. The highest BCUT2D eigenvalue weighted by molar-refractivity contribution is 9.10. The standard InChI is InChI=1S/C10H10Br2O2/c11-4-3-10(14)8-5-7(6-13)1-2-9(8)12/h1-2,5,13H,3-4,6H2. The number of benzene rings is 1. The first-order chi connectivity index (χ1) is 6.69. The van der Waals surface area contributed by atoms with Gasteiger partial charge in [-0.1, -0.05) is 37.9 Å². The van der Waals surface area contributed by atoms with Crippen LogP contribution in [0.15, 0.2) is 22.7 Å². The van der Waals surface area contributed by atoms with Gasteiger partial charge in [0.1, 0.15) is 0 Å². The smallest absolute Gasteiger partial charge is 0.164 e. The summed E-state index contributed by atoms with van der Waals surface area (Å²) in [5.41, 5.74) is 1.39. The fourth-order valence-electron chi connectivity index (χ4n) is 1.10. The lowest BCUT2D eigenvalue weighted by Crippen LogP contribution is -2.01. The van der Waals surface area contributed by atoms with E-state index in [2.05, 4.69) is 31.9 Å². The molecular formula is C10H10Br2O2. The van der Waals surface area contributed by atoms with Crippen molar-refractivity contribution < 1.29 is 9.90 Å². The van der Waals surface area contributed by atoms with Crippen LogP contribution in [0.3, 0.4) is 0 Å². The number of carbonyl (C=O) groups excluding carboxylic acids is 1. The Bertz CT molecular complexity index is 337. The van der Waals surface area contributed by atoms with Gasteiger partial charge in [-0.05, 0) is 17.7 Å². The van der Waals surface area contributed by atoms with Gasteiger partial charge >= 0.3 is 0 Å². The van der Waals surface area contributed by atoms with Crippen LogP contribution < -0.4 is 0 Å². The van der Waals surface area contributed by atoms with Gasteiger partial charge in [-0.15, -0.1) is 0 Å². The van der Waals surface area contributed by atoms with Crippen molar-refractivity contribution in [2.45, 2.75) is 13.0 Å². The fraction of sp³-hybridized carbons (Fsp3) is 0.300. The number of halogens is 2. The summed E-state index contributed by atoms with van der Waals surface area (Å²) in [6, 6.07) is 5.29. The van der Waals surface area contributed by atoms with Crippen molar-refractivity contribution >= 4 is 37.6 Å². The summed E-state index contributed by atoms with van der Waals surface area (Å²) in [5, 5.41) is 9.58. The van der Waals surface area contributed by atoms with E-state index < -0.39 is 0 Å². The number of ketones is 1. The number of hydrogen-bond acceptors (Lipinski definition) is 2. The molecule has 0 aromatic heterocycles. The molecule has 1 aromatic rings. The number of aliphatic hydroxyl groups excluding tert-OH is 1. The van der Waals surface area contributed by atoms with Gasteiger partial charge in [0.15, 0.2) is 5.78 Å². The van der Waals surface area contributed by atoms with Gasteiger partial charge in [0.25, 0.3) is 0 Å². The second-order valence-corrected chi connectivity index (χ2v) is 4.48. The van der Waals surface area contributed by atoms with Crippen molar-refractivity contribution in [3.05, 3.63) is 33.8 Å².